The number of imidazole rings is 1. The molecule has 0 N–H and O–H groups in total. The van der Waals surface area contributed by atoms with Gasteiger partial charge in [0.15, 0.2) is 0 Å². The summed E-state index contributed by atoms with van der Waals surface area (Å²) < 4.78 is 38.1. The molecule has 136 valence electrons. The first-order valence-corrected chi connectivity index (χ1v) is 10.4. The van der Waals surface area contributed by atoms with Crippen LogP contribution in [-0.2, 0) is 32.4 Å². The zero-order chi connectivity index (χ0) is 17.0. The summed E-state index contributed by atoms with van der Waals surface area (Å²) in [6, 6.07) is 0. The second-order valence-electron chi connectivity index (χ2n) is 6.49. The van der Waals surface area contributed by atoms with Gasteiger partial charge in [-0.05, 0) is 19.3 Å². The van der Waals surface area contributed by atoms with Gasteiger partial charge in [-0.1, -0.05) is 6.92 Å². The molecule has 2 aliphatic rings. The van der Waals surface area contributed by atoms with Gasteiger partial charge in [-0.2, -0.15) is 0 Å². The number of sulfone groups is 1. The van der Waals surface area contributed by atoms with E-state index in [1.807, 2.05) is 11.5 Å². The first-order valence-electron chi connectivity index (χ1n) is 8.79. The largest absolute Gasteiger partial charge is 0.379 e. The molecule has 2 saturated heterocycles. The number of rotatable bonds is 7. The van der Waals surface area contributed by atoms with Crippen LogP contribution in [0, 0.1) is 0 Å². The van der Waals surface area contributed by atoms with Crippen LogP contribution in [0.2, 0.25) is 0 Å². The maximum absolute atomic E-state index is 12.6. The van der Waals surface area contributed by atoms with Gasteiger partial charge in [-0.3, -0.25) is 4.90 Å². The molecule has 24 heavy (non-hydrogen) atoms. The average Bonchev–Trinajstić information content (AvgIpc) is 3.20. The Morgan fingerprint density at radius 3 is 2.75 bits per heavy atom. The zero-order valence-electron chi connectivity index (χ0n) is 14.3. The molecule has 7 nitrogen and oxygen atoms in total. The standard InChI is InChI=1S/C16H27N3O4S/c1-2-10-24(20,21)16-17-11-14(12-18-5-8-22-9-6-18)19(16)13-15-4-3-7-23-15/h11,15H,2-10,12-13H2,1H3. The van der Waals surface area contributed by atoms with E-state index >= 15 is 0 Å². The molecule has 0 saturated carbocycles. The van der Waals surface area contributed by atoms with Crippen LogP contribution in [0.1, 0.15) is 31.9 Å². The van der Waals surface area contributed by atoms with Gasteiger partial charge < -0.3 is 14.0 Å². The van der Waals surface area contributed by atoms with Crippen molar-refractivity contribution in [2.45, 2.75) is 50.5 Å². The van der Waals surface area contributed by atoms with Crippen molar-refractivity contribution in [3.8, 4) is 0 Å². The Labute approximate surface area is 143 Å². The van der Waals surface area contributed by atoms with Gasteiger partial charge in [-0.15, -0.1) is 0 Å². The van der Waals surface area contributed by atoms with Crippen molar-refractivity contribution >= 4 is 9.84 Å². The monoisotopic (exact) mass is 357 g/mol. The third-order valence-electron chi connectivity index (χ3n) is 4.55. The van der Waals surface area contributed by atoms with Crippen molar-refractivity contribution < 1.29 is 17.9 Å². The van der Waals surface area contributed by atoms with E-state index in [9.17, 15) is 8.42 Å². The number of nitrogens with zero attached hydrogens (tertiary/aromatic N) is 3. The van der Waals surface area contributed by atoms with Crippen LogP contribution in [0.25, 0.3) is 0 Å². The molecule has 2 aliphatic heterocycles. The van der Waals surface area contributed by atoms with Gasteiger partial charge in [0.25, 0.3) is 0 Å². The maximum atomic E-state index is 12.6. The van der Waals surface area contributed by atoms with Gasteiger partial charge in [0.2, 0.25) is 15.0 Å². The summed E-state index contributed by atoms with van der Waals surface area (Å²) in [5.41, 5.74) is 0.946. The molecule has 0 amide bonds. The fourth-order valence-electron chi connectivity index (χ4n) is 3.30. The highest BCUT2D eigenvalue weighted by molar-refractivity contribution is 7.91. The molecule has 0 bridgehead atoms. The molecule has 1 unspecified atom stereocenters. The van der Waals surface area contributed by atoms with E-state index in [1.165, 1.54) is 0 Å². The minimum Gasteiger partial charge on any atom is -0.379 e. The Hall–Kier alpha value is -0.960. The minimum absolute atomic E-state index is 0.0817. The average molecular weight is 357 g/mol. The lowest BCUT2D eigenvalue weighted by Crippen LogP contribution is -2.36. The molecule has 0 spiro atoms. The number of hydrogen-bond acceptors (Lipinski definition) is 6. The van der Waals surface area contributed by atoms with E-state index in [2.05, 4.69) is 9.88 Å². The minimum atomic E-state index is -3.35. The van der Waals surface area contributed by atoms with Crippen molar-refractivity contribution in [2.24, 2.45) is 0 Å². The first kappa shape index (κ1) is 17.8. The molecule has 1 atom stereocenters. The van der Waals surface area contributed by atoms with Gasteiger partial charge >= 0.3 is 0 Å². The van der Waals surface area contributed by atoms with E-state index < -0.39 is 9.84 Å². The molecule has 8 heteroatoms. The maximum Gasteiger partial charge on any atom is 0.227 e. The van der Waals surface area contributed by atoms with Crippen LogP contribution in [-0.4, -0.2) is 67.6 Å². The highest BCUT2D eigenvalue weighted by atomic mass is 32.2. The lowest BCUT2D eigenvalue weighted by atomic mass is 10.2. The third-order valence-corrected chi connectivity index (χ3v) is 6.38. The molecule has 1 aromatic rings. The fraction of sp³-hybridized carbons (Fsp3) is 0.812. The predicted octanol–water partition coefficient (Wildman–Crippen LogP) is 1.08. The van der Waals surface area contributed by atoms with Crippen molar-refractivity contribution in [1.82, 2.24) is 14.5 Å². The third kappa shape index (κ3) is 4.17. The second-order valence-corrected chi connectivity index (χ2v) is 8.49. The molecular weight excluding hydrogens is 330 g/mol. The van der Waals surface area contributed by atoms with Gasteiger partial charge in [0.05, 0.1) is 43.5 Å². The lowest BCUT2D eigenvalue weighted by molar-refractivity contribution is 0.0324. The van der Waals surface area contributed by atoms with Crippen LogP contribution < -0.4 is 0 Å². The van der Waals surface area contributed by atoms with E-state index in [1.54, 1.807) is 6.20 Å². The SMILES string of the molecule is CCCS(=O)(=O)c1ncc(CN2CCOCC2)n1CC1CCCO1. The summed E-state index contributed by atoms with van der Waals surface area (Å²) >= 11 is 0. The molecule has 3 rings (SSSR count). The quantitative estimate of drug-likeness (QED) is 0.727. The topological polar surface area (TPSA) is 73.7 Å². The zero-order valence-corrected chi connectivity index (χ0v) is 15.1. The summed E-state index contributed by atoms with van der Waals surface area (Å²) in [5, 5.41) is 0.197. The predicted molar refractivity (Wildman–Crippen MR) is 89.6 cm³/mol. The van der Waals surface area contributed by atoms with Crippen molar-refractivity contribution in [3.05, 3.63) is 11.9 Å². The van der Waals surface area contributed by atoms with E-state index in [4.69, 9.17) is 9.47 Å². The molecule has 1 aromatic heterocycles. The number of aromatic nitrogens is 2. The van der Waals surface area contributed by atoms with Crippen molar-refractivity contribution in [2.75, 3.05) is 38.7 Å². The highest BCUT2D eigenvalue weighted by Crippen LogP contribution is 2.21. The van der Waals surface area contributed by atoms with E-state index in [-0.39, 0.29) is 17.0 Å². The molecule has 2 fully saturated rings. The number of ether oxygens (including phenoxy) is 2. The lowest BCUT2D eigenvalue weighted by Gasteiger charge is -2.27. The summed E-state index contributed by atoms with van der Waals surface area (Å²) in [4.78, 5) is 6.56. The summed E-state index contributed by atoms with van der Waals surface area (Å²) in [5.74, 6) is 0.131. The van der Waals surface area contributed by atoms with E-state index in [0.29, 0.717) is 19.5 Å². The molecule has 0 radical (unpaired) electrons. The molecule has 0 aromatic carbocycles. The van der Waals surface area contributed by atoms with E-state index in [0.717, 1.165) is 51.4 Å². The first-order chi connectivity index (χ1) is 11.6. The number of morpholine rings is 1. The second kappa shape index (κ2) is 7.95. The number of hydrogen-bond donors (Lipinski definition) is 0. The molecule has 3 heterocycles. The fourth-order valence-corrected chi connectivity index (χ4v) is 4.76. The van der Waals surface area contributed by atoms with Gasteiger partial charge in [-0.25, -0.2) is 13.4 Å². The molecular formula is C16H27N3O4S. The van der Waals surface area contributed by atoms with Crippen LogP contribution in [0.5, 0.6) is 0 Å². The highest BCUT2D eigenvalue weighted by Gasteiger charge is 2.27. The summed E-state index contributed by atoms with van der Waals surface area (Å²) in [6.07, 6.45) is 4.40. The Morgan fingerprint density at radius 2 is 2.08 bits per heavy atom. The van der Waals surface area contributed by atoms with Gasteiger partial charge in [0, 0.05) is 26.2 Å². The molecule has 0 aliphatic carbocycles. The Bertz CT molecular complexity index is 632. The van der Waals surface area contributed by atoms with Crippen LogP contribution in [0.3, 0.4) is 0 Å². The summed E-state index contributed by atoms with van der Waals surface area (Å²) in [6.45, 7) is 7.07. The Morgan fingerprint density at radius 1 is 1.29 bits per heavy atom. The van der Waals surface area contributed by atoms with Crippen molar-refractivity contribution in [3.63, 3.8) is 0 Å². The Kier molecular flexibility index (Phi) is 5.91. The summed E-state index contributed by atoms with van der Waals surface area (Å²) in [7, 11) is -3.35. The Balaban J connectivity index is 1.84. The van der Waals surface area contributed by atoms with Crippen LogP contribution in [0.15, 0.2) is 11.4 Å². The van der Waals surface area contributed by atoms with Gasteiger partial charge in [0.1, 0.15) is 0 Å². The van der Waals surface area contributed by atoms with Crippen molar-refractivity contribution in [1.29, 1.82) is 0 Å². The van der Waals surface area contributed by atoms with Crippen LogP contribution in [0.4, 0.5) is 0 Å². The smallest absolute Gasteiger partial charge is 0.227 e. The normalized spacial score (nSPS) is 23.0. The van der Waals surface area contributed by atoms with Crippen LogP contribution >= 0.6 is 0 Å².